The van der Waals surface area contributed by atoms with Crippen LogP contribution >= 0.6 is 11.3 Å². The van der Waals surface area contributed by atoms with E-state index in [0.717, 1.165) is 22.1 Å². The summed E-state index contributed by atoms with van der Waals surface area (Å²) in [6.45, 7) is 1.64. The van der Waals surface area contributed by atoms with Crippen molar-refractivity contribution in [3.05, 3.63) is 83.7 Å². The quantitative estimate of drug-likeness (QED) is 0.219. The van der Waals surface area contributed by atoms with Crippen LogP contribution in [0.25, 0.3) is 32.7 Å². The molecule has 0 aliphatic rings. The Labute approximate surface area is 211 Å². The van der Waals surface area contributed by atoms with E-state index in [1.165, 1.54) is 13.0 Å². The van der Waals surface area contributed by atoms with Gasteiger partial charge in [-0.2, -0.15) is 0 Å². The lowest BCUT2D eigenvalue weighted by Gasteiger charge is -2.17. The van der Waals surface area contributed by atoms with Gasteiger partial charge < -0.3 is 15.5 Å². The average Bonchev–Trinajstić information content (AvgIpc) is 3.35. The summed E-state index contributed by atoms with van der Waals surface area (Å²) in [5.74, 6) is -0.298. The molecule has 0 aliphatic carbocycles. The van der Waals surface area contributed by atoms with E-state index in [1.54, 1.807) is 48.5 Å². The molecule has 1 heterocycles. The van der Waals surface area contributed by atoms with Gasteiger partial charge in [-0.05, 0) is 35.0 Å². The third kappa shape index (κ3) is 4.34. The molecule has 0 spiro atoms. The summed E-state index contributed by atoms with van der Waals surface area (Å²) in [7, 11) is -3.98. The van der Waals surface area contributed by atoms with Crippen LogP contribution in [0.5, 0.6) is 11.5 Å². The van der Waals surface area contributed by atoms with Crippen molar-refractivity contribution in [1.82, 2.24) is 5.32 Å². The Kier molecular flexibility index (Phi) is 6.03. The third-order valence-corrected chi connectivity index (χ3v) is 8.79. The maximum absolute atomic E-state index is 13.3. The molecule has 4 aromatic carbocycles. The van der Waals surface area contributed by atoms with E-state index in [9.17, 15) is 23.4 Å². The molecule has 0 unspecified atom stereocenters. The van der Waals surface area contributed by atoms with Gasteiger partial charge in [-0.15, -0.1) is 11.3 Å². The van der Waals surface area contributed by atoms with Crippen molar-refractivity contribution < 1.29 is 23.4 Å². The molecule has 0 bridgehead atoms. The lowest BCUT2D eigenvalue weighted by Crippen LogP contribution is -2.18. The number of carbonyl (C=O) groups excluding carboxylic acids is 1. The Hall–Kier alpha value is -4.08. The molecule has 1 amide bonds. The van der Waals surface area contributed by atoms with Gasteiger partial charge in [0.2, 0.25) is 5.91 Å². The molecular formula is C27H22N2O5S2. The Morgan fingerprint density at radius 2 is 1.58 bits per heavy atom. The standard InChI is InChI=1S/C27H22N2O5S2/c1-16(30)28-15-18-11-13-25(35-18)36(33,34)29-23-14-22(27(32)21-9-5-4-8-20(21)23)26-19-7-3-2-6-17(19)10-12-24(26)31/h2-14,29,31-32H,15H2,1H3,(H,28,30). The van der Waals surface area contributed by atoms with Gasteiger partial charge in [0.05, 0.1) is 12.2 Å². The SMILES string of the molecule is CC(=O)NCc1ccc(S(=O)(=O)Nc2cc(-c3c(O)ccc4ccccc34)c(O)c3ccccc23)s1. The van der Waals surface area contributed by atoms with Gasteiger partial charge >= 0.3 is 0 Å². The maximum atomic E-state index is 13.3. The van der Waals surface area contributed by atoms with Crippen LogP contribution < -0.4 is 10.0 Å². The molecule has 0 radical (unpaired) electrons. The number of carbonyl (C=O) groups is 1. The van der Waals surface area contributed by atoms with E-state index < -0.39 is 10.0 Å². The second-order valence-corrected chi connectivity index (χ2v) is 11.4. The van der Waals surface area contributed by atoms with Crippen molar-refractivity contribution in [3.63, 3.8) is 0 Å². The Morgan fingerprint density at radius 1 is 0.889 bits per heavy atom. The Balaban J connectivity index is 1.65. The van der Waals surface area contributed by atoms with Gasteiger partial charge in [-0.1, -0.05) is 54.6 Å². The maximum Gasteiger partial charge on any atom is 0.271 e. The molecule has 5 aromatic rings. The van der Waals surface area contributed by atoms with Gasteiger partial charge in [0.15, 0.2) is 0 Å². The molecule has 9 heteroatoms. The molecule has 0 atom stereocenters. The number of phenols is 2. The van der Waals surface area contributed by atoms with E-state index in [0.29, 0.717) is 26.8 Å². The smallest absolute Gasteiger partial charge is 0.271 e. The lowest BCUT2D eigenvalue weighted by molar-refractivity contribution is -0.119. The number of nitrogens with one attached hydrogen (secondary N) is 2. The molecule has 0 saturated heterocycles. The predicted molar refractivity (Wildman–Crippen MR) is 143 cm³/mol. The van der Waals surface area contributed by atoms with Crippen LogP contribution in [0, 0.1) is 0 Å². The highest BCUT2D eigenvalue weighted by Gasteiger charge is 2.22. The lowest BCUT2D eigenvalue weighted by atomic mass is 9.93. The number of hydrogen-bond acceptors (Lipinski definition) is 6. The fourth-order valence-electron chi connectivity index (χ4n) is 4.18. The van der Waals surface area contributed by atoms with E-state index in [2.05, 4.69) is 10.0 Å². The molecule has 0 aliphatic heterocycles. The van der Waals surface area contributed by atoms with Crippen LogP contribution in [0.4, 0.5) is 5.69 Å². The first-order chi connectivity index (χ1) is 17.2. The number of aromatic hydroxyl groups is 2. The number of thiophene rings is 1. The zero-order valence-corrected chi connectivity index (χ0v) is 20.8. The minimum absolute atomic E-state index is 0.0334. The molecule has 36 heavy (non-hydrogen) atoms. The zero-order chi connectivity index (χ0) is 25.4. The van der Waals surface area contributed by atoms with Gasteiger partial charge in [0, 0.05) is 33.7 Å². The highest BCUT2D eigenvalue weighted by molar-refractivity contribution is 7.94. The highest BCUT2D eigenvalue weighted by atomic mass is 32.2. The van der Waals surface area contributed by atoms with E-state index in [1.807, 2.05) is 24.3 Å². The molecule has 4 N–H and O–H groups in total. The minimum atomic E-state index is -3.98. The number of phenolic OH excluding ortho intramolecular Hbond substituents is 2. The number of hydrogen-bond donors (Lipinski definition) is 4. The molecule has 7 nitrogen and oxygen atoms in total. The first-order valence-corrected chi connectivity index (χ1v) is 13.4. The molecule has 0 fully saturated rings. The van der Waals surface area contributed by atoms with Crippen LogP contribution in [-0.2, 0) is 21.4 Å². The number of sulfonamides is 1. The molecule has 182 valence electrons. The summed E-state index contributed by atoms with van der Waals surface area (Å²) in [5.41, 5.74) is 0.978. The largest absolute Gasteiger partial charge is 0.507 e. The van der Waals surface area contributed by atoms with E-state index in [-0.39, 0.29) is 33.8 Å². The number of benzene rings is 4. The summed E-state index contributed by atoms with van der Waals surface area (Å²) >= 11 is 1.06. The number of amides is 1. The fourth-order valence-corrected chi connectivity index (χ4v) is 6.55. The van der Waals surface area contributed by atoms with E-state index in [4.69, 9.17) is 0 Å². The van der Waals surface area contributed by atoms with Crippen molar-refractivity contribution in [2.45, 2.75) is 17.7 Å². The molecule has 1 aromatic heterocycles. The highest BCUT2D eigenvalue weighted by Crippen LogP contribution is 2.46. The van der Waals surface area contributed by atoms with E-state index >= 15 is 0 Å². The number of fused-ring (bicyclic) bond motifs is 2. The first kappa shape index (κ1) is 23.7. The van der Waals surface area contributed by atoms with Gasteiger partial charge in [0.25, 0.3) is 10.0 Å². The van der Waals surface area contributed by atoms with Crippen molar-refractivity contribution in [2.24, 2.45) is 0 Å². The van der Waals surface area contributed by atoms with Gasteiger partial charge in [-0.3, -0.25) is 9.52 Å². The Morgan fingerprint density at radius 3 is 2.33 bits per heavy atom. The third-order valence-electron chi connectivity index (χ3n) is 5.85. The molecule has 5 rings (SSSR count). The topological polar surface area (TPSA) is 116 Å². The summed E-state index contributed by atoms with van der Waals surface area (Å²) in [6.07, 6.45) is 0. The Bertz CT molecular complexity index is 1740. The number of rotatable bonds is 6. The van der Waals surface area contributed by atoms with Crippen molar-refractivity contribution in [2.75, 3.05) is 4.72 Å². The van der Waals surface area contributed by atoms with Crippen LogP contribution in [-0.4, -0.2) is 24.5 Å². The molecular weight excluding hydrogens is 496 g/mol. The van der Waals surface area contributed by atoms with Crippen molar-refractivity contribution >= 4 is 54.5 Å². The first-order valence-electron chi connectivity index (χ1n) is 11.1. The zero-order valence-electron chi connectivity index (χ0n) is 19.1. The number of anilines is 1. The van der Waals surface area contributed by atoms with Gasteiger partial charge in [0.1, 0.15) is 15.7 Å². The average molecular weight is 519 g/mol. The van der Waals surface area contributed by atoms with Gasteiger partial charge in [-0.25, -0.2) is 8.42 Å². The minimum Gasteiger partial charge on any atom is -0.507 e. The monoisotopic (exact) mass is 518 g/mol. The summed E-state index contributed by atoms with van der Waals surface area (Å²) < 4.78 is 29.4. The summed E-state index contributed by atoms with van der Waals surface area (Å²) in [6, 6.07) is 22.4. The van der Waals surface area contributed by atoms with Crippen LogP contribution in [0.15, 0.2) is 83.1 Å². The molecule has 0 saturated carbocycles. The normalized spacial score (nSPS) is 11.6. The van der Waals surface area contributed by atoms with Crippen LogP contribution in [0.2, 0.25) is 0 Å². The van der Waals surface area contributed by atoms with Crippen LogP contribution in [0.3, 0.4) is 0 Å². The van der Waals surface area contributed by atoms with Crippen molar-refractivity contribution in [1.29, 1.82) is 0 Å². The van der Waals surface area contributed by atoms with Crippen LogP contribution in [0.1, 0.15) is 11.8 Å². The second kappa shape index (κ2) is 9.18. The predicted octanol–water partition coefficient (Wildman–Crippen LogP) is 5.57. The second-order valence-electron chi connectivity index (χ2n) is 8.28. The summed E-state index contributed by atoms with van der Waals surface area (Å²) in [4.78, 5) is 11.9. The van der Waals surface area contributed by atoms with Crippen molar-refractivity contribution in [3.8, 4) is 22.6 Å². The summed E-state index contributed by atoms with van der Waals surface area (Å²) in [5, 5.41) is 27.2. The fraction of sp³-hybridized carbons (Fsp3) is 0.0741.